The van der Waals surface area contributed by atoms with Gasteiger partial charge in [0.25, 0.3) is 0 Å². The van der Waals surface area contributed by atoms with Gasteiger partial charge < -0.3 is 19.9 Å². The van der Waals surface area contributed by atoms with Crippen LogP contribution in [0.15, 0.2) is 55.1 Å². The molecule has 0 bridgehead atoms. The van der Waals surface area contributed by atoms with Crippen molar-refractivity contribution >= 4 is 23.1 Å². The van der Waals surface area contributed by atoms with E-state index in [0.717, 1.165) is 16.7 Å². The summed E-state index contributed by atoms with van der Waals surface area (Å²) in [5.74, 6) is 0.915. The lowest BCUT2D eigenvalue weighted by molar-refractivity contribution is -0.147. The van der Waals surface area contributed by atoms with Crippen molar-refractivity contribution in [2.24, 2.45) is 5.73 Å². The van der Waals surface area contributed by atoms with Gasteiger partial charge in [-0.1, -0.05) is 30.8 Å². The van der Waals surface area contributed by atoms with Gasteiger partial charge in [-0.3, -0.25) is 9.18 Å². The van der Waals surface area contributed by atoms with Gasteiger partial charge in [-0.2, -0.15) is 0 Å². The van der Waals surface area contributed by atoms with E-state index in [4.69, 9.17) is 31.5 Å². The first-order valence-corrected chi connectivity index (χ1v) is 9.77. The van der Waals surface area contributed by atoms with Crippen molar-refractivity contribution in [2.75, 3.05) is 32.3 Å². The van der Waals surface area contributed by atoms with E-state index >= 15 is 0 Å². The molecular formula is C22H25ClFNO4. The van der Waals surface area contributed by atoms with E-state index in [1.807, 2.05) is 48.5 Å². The fraction of sp³-hybridized carbons (Fsp3) is 0.318. The zero-order valence-corrected chi connectivity index (χ0v) is 16.9. The molecule has 0 amide bonds. The van der Waals surface area contributed by atoms with Gasteiger partial charge in [-0.15, -0.1) is 11.6 Å². The van der Waals surface area contributed by atoms with E-state index in [-0.39, 0.29) is 25.7 Å². The minimum atomic E-state index is -0.562. The fourth-order valence-corrected chi connectivity index (χ4v) is 2.60. The maximum atomic E-state index is 12.1. The van der Waals surface area contributed by atoms with Crippen LogP contribution >= 0.6 is 11.6 Å². The molecule has 0 spiro atoms. The molecule has 2 aromatic carbocycles. The van der Waals surface area contributed by atoms with Crippen LogP contribution in [0.4, 0.5) is 4.39 Å². The van der Waals surface area contributed by atoms with Gasteiger partial charge in [0.05, 0.1) is 25.7 Å². The molecule has 2 rings (SSSR count). The molecule has 29 heavy (non-hydrogen) atoms. The maximum Gasteiger partial charge on any atom is 0.320 e. The van der Waals surface area contributed by atoms with Gasteiger partial charge in [0.15, 0.2) is 0 Å². The van der Waals surface area contributed by atoms with Crippen LogP contribution in [-0.4, -0.2) is 44.4 Å². The van der Waals surface area contributed by atoms with E-state index in [1.165, 1.54) is 0 Å². The summed E-state index contributed by atoms with van der Waals surface area (Å²) in [7, 11) is 0. The molecule has 5 nitrogen and oxygen atoms in total. The minimum absolute atomic E-state index is 0.119. The number of carbonyl (C=O) groups excluding carboxylic acids is 1. The van der Waals surface area contributed by atoms with Gasteiger partial charge in [-0.25, -0.2) is 0 Å². The van der Waals surface area contributed by atoms with Crippen LogP contribution in [0.5, 0.6) is 11.5 Å². The van der Waals surface area contributed by atoms with E-state index in [9.17, 15) is 9.18 Å². The second-order valence-electron chi connectivity index (χ2n) is 6.20. The molecule has 0 aliphatic carbocycles. The molecule has 0 radical (unpaired) electrons. The Morgan fingerprint density at radius 1 is 1.03 bits per heavy atom. The predicted octanol–water partition coefficient (Wildman–Crippen LogP) is 3.97. The molecule has 2 aromatic rings. The third-order valence-corrected chi connectivity index (χ3v) is 4.37. The van der Waals surface area contributed by atoms with Gasteiger partial charge in [0.1, 0.15) is 24.2 Å². The summed E-state index contributed by atoms with van der Waals surface area (Å²) in [4.78, 5) is 11.2. The van der Waals surface area contributed by atoms with Crippen molar-refractivity contribution in [2.45, 2.75) is 12.5 Å². The molecule has 2 N–H and O–H groups in total. The highest BCUT2D eigenvalue weighted by Crippen LogP contribution is 2.25. The predicted molar refractivity (Wildman–Crippen MR) is 112 cm³/mol. The average molecular weight is 422 g/mol. The molecule has 0 saturated heterocycles. The first-order chi connectivity index (χ1) is 14.1. The fourth-order valence-electron chi connectivity index (χ4n) is 2.45. The van der Waals surface area contributed by atoms with Crippen molar-refractivity contribution in [1.29, 1.82) is 0 Å². The van der Waals surface area contributed by atoms with E-state index in [1.54, 1.807) is 0 Å². The van der Waals surface area contributed by atoms with Gasteiger partial charge >= 0.3 is 5.97 Å². The third kappa shape index (κ3) is 7.40. The Morgan fingerprint density at radius 3 is 2.07 bits per heavy atom. The topological polar surface area (TPSA) is 70.8 Å². The Kier molecular flexibility index (Phi) is 9.47. The first kappa shape index (κ1) is 22.7. The number of rotatable bonds is 12. The molecule has 0 fully saturated rings. The van der Waals surface area contributed by atoms with Crippen molar-refractivity contribution in [3.63, 3.8) is 0 Å². The summed E-state index contributed by atoms with van der Waals surface area (Å²) in [6.45, 7) is 4.05. The van der Waals surface area contributed by atoms with E-state index in [2.05, 4.69) is 6.58 Å². The molecule has 7 heteroatoms. The molecule has 0 aromatic heterocycles. The summed E-state index contributed by atoms with van der Waals surface area (Å²) in [6.07, 6.45) is -0.183. The number of benzene rings is 2. The quantitative estimate of drug-likeness (QED) is 0.319. The number of hydrogen-bond donors (Lipinski definition) is 1. The Morgan fingerprint density at radius 2 is 1.59 bits per heavy atom. The van der Waals surface area contributed by atoms with Crippen molar-refractivity contribution < 1.29 is 23.4 Å². The summed E-state index contributed by atoms with van der Waals surface area (Å²) >= 11 is 5.78. The lowest BCUT2D eigenvalue weighted by atomic mass is 9.99. The van der Waals surface area contributed by atoms with Gasteiger partial charge in [-0.05, 0) is 41.0 Å². The van der Waals surface area contributed by atoms with Crippen LogP contribution in [0.1, 0.15) is 17.5 Å². The summed E-state index contributed by atoms with van der Waals surface area (Å²) in [5, 5.41) is 0. The van der Waals surface area contributed by atoms with Gasteiger partial charge in [0.2, 0.25) is 0 Å². The zero-order chi connectivity index (χ0) is 21.1. The number of halogens is 2. The Balaban J connectivity index is 1.91. The molecule has 1 unspecified atom stereocenters. The lowest BCUT2D eigenvalue weighted by Gasteiger charge is -2.16. The maximum absolute atomic E-state index is 12.1. The van der Waals surface area contributed by atoms with Crippen LogP contribution in [0.2, 0.25) is 0 Å². The highest BCUT2D eigenvalue weighted by Gasteiger charge is 2.13. The summed E-state index contributed by atoms with van der Waals surface area (Å²) in [5.41, 5.74) is 7.96. The number of esters is 1. The van der Waals surface area contributed by atoms with Crippen LogP contribution < -0.4 is 15.2 Å². The highest BCUT2D eigenvalue weighted by molar-refractivity contribution is 6.18. The normalized spacial score (nSPS) is 11.6. The SMILES string of the molecule is C=C(c1ccc(OCCCF)cc1)c1ccc(OCC(CCl)OC(=O)CN)cc1. The van der Waals surface area contributed by atoms with Crippen LogP contribution in [-0.2, 0) is 9.53 Å². The van der Waals surface area contributed by atoms with Crippen molar-refractivity contribution in [3.05, 3.63) is 66.2 Å². The van der Waals surface area contributed by atoms with Crippen LogP contribution in [0, 0.1) is 0 Å². The van der Waals surface area contributed by atoms with Crippen LogP contribution in [0.25, 0.3) is 5.57 Å². The molecular weight excluding hydrogens is 397 g/mol. The molecule has 156 valence electrons. The van der Waals surface area contributed by atoms with Crippen molar-refractivity contribution in [3.8, 4) is 11.5 Å². The Labute approximate surface area is 175 Å². The lowest BCUT2D eigenvalue weighted by Crippen LogP contribution is -2.29. The Hall–Kier alpha value is -2.57. The Bertz CT molecular complexity index is 780. The molecule has 0 heterocycles. The number of alkyl halides is 2. The van der Waals surface area contributed by atoms with Crippen molar-refractivity contribution in [1.82, 2.24) is 0 Å². The minimum Gasteiger partial charge on any atom is -0.493 e. The third-order valence-electron chi connectivity index (χ3n) is 4.03. The summed E-state index contributed by atoms with van der Waals surface area (Å²) in [6, 6.07) is 14.9. The average Bonchev–Trinajstić information content (AvgIpc) is 2.77. The van der Waals surface area contributed by atoms with Gasteiger partial charge in [0, 0.05) is 6.42 Å². The monoisotopic (exact) mass is 421 g/mol. The second kappa shape index (κ2) is 12.1. The number of nitrogens with two attached hydrogens (primary N) is 1. The molecule has 0 saturated carbocycles. The number of ether oxygens (including phenoxy) is 3. The number of hydrogen-bond acceptors (Lipinski definition) is 5. The zero-order valence-electron chi connectivity index (χ0n) is 16.1. The molecule has 0 aliphatic rings. The van der Waals surface area contributed by atoms with E-state index < -0.39 is 12.1 Å². The smallest absolute Gasteiger partial charge is 0.320 e. The van der Waals surface area contributed by atoms with Crippen LogP contribution in [0.3, 0.4) is 0 Å². The largest absolute Gasteiger partial charge is 0.493 e. The standard InChI is InChI=1S/C22H25ClFNO4/c1-16(17-3-7-19(8-4-17)27-12-2-11-24)18-5-9-20(10-6-18)28-15-21(13-23)29-22(26)14-25/h3-10,21H,1-2,11-15,25H2. The number of carbonyl (C=O) groups is 1. The second-order valence-corrected chi connectivity index (χ2v) is 6.51. The van der Waals surface area contributed by atoms with E-state index in [0.29, 0.717) is 24.5 Å². The highest BCUT2D eigenvalue weighted by atomic mass is 35.5. The first-order valence-electron chi connectivity index (χ1n) is 9.24. The molecule has 0 aliphatic heterocycles. The summed E-state index contributed by atoms with van der Waals surface area (Å²) < 4.78 is 28.3. The molecule has 1 atom stereocenters.